The molecule has 3 aromatic rings. The summed E-state index contributed by atoms with van der Waals surface area (Å²) in [7, 11) is 0. The van der Waals surface area contributed by atoms with E-state index in [0.29, 0.717) is 48.5 Å². The van der Waals surface area contributed by atoms with Gasteiger partial charge in [-0.15, -0.1) is 0 Å². The Morgan fingerprint density at radius 3 is 2.18 bits per heavy atom. The molecule has 2 atom stereocenters. The number of morpholine rings is 1. The van der Waals surface area contributed by atoms with Crippen LogP contribution in [0.25, 0.3) is 0 Å². The standard InChI is InChI=1S/C35H36Cl2F3N5O4/c1-2-49-29-21-25(35(38,39)40)7-12-28(29)33-41-31(23-3-8-26(36)9-4-23)32(24-5-10-27(37)11-6-24)45(33)34(47)44-16-15-43(30(46)22-44)14-13-42-17-19-48-20-18-42/h3-12,21,31-32H,2,13-20,22H2,1H3. The minimum Gasteiger partial charge on any atom is -0.493 e. The van der Waals surface area contributed by atoms with E-state index in [0.717, 1.165) is 30.8 Å². The second kappa shape index (κ2) is 15.0. The monoisotopic (exact) mass is 717 g/mol. The van der Waals surface area contributed by atoms with Crippen molar-refractivity contribution in [2.75, 3.05) is 65.6 Å². The number of amidine groups is 1. The van der Waals surface area contributed by atoms with Gasteiger partial charge in [0.2, 0.25) is 5.91 Å². The van der Waals surface area contributed by atoms with Crippen LogP contribution in [0.1, 0.15) is 41.3 Å². The van der Waals surface area contributed by atoms with E-state index in [1.165, 1.54) is 15.9 Å². The maximum atomic E-state index is 14.7. The highest BCUT2D eigenvalue weighted by atomic mass is 35.5. The molecule has 0 aromatic heterocycles. The molecule has 6 rings (SSSR count). The van der Waals surface area contributed by atoms with Gasteiger partial charge < -0.3 is 19.3 Å². The van der Waals surface area contributed by atoms with Gasteiger partial charge in [-0.2, -0.15) is 13.2 Å². The largest absolute Gasteiger partial charge is 0.493 e. The van der Waals surface area contributed by atoms with Crippen LogP contribution in [0, 0.1) is 0 Å². The molecule has 2 fully saturated rings. The highest BCUT2D eigenvalue weighted by Crippen LogP contribution is 2.46. The molecule has 3 aliphatic rings. The predicted octanol–water partition coefficient (Wildman–Crippen LogP) is 6.55. The molecule has 0 saturated carbocycles. The van der Waals surface area contributed by atoms with Crippen LogP contribution in [0.15, 0.2) is 71.7 Å². The molecule has 3 heterocycles. The lowest BCUT2D eigenvalue weighted by Gasteiger charge is -2.39. The van der Waals surface area contributed by atoms with Crippen molar-refractivity contribution in [3.05, 3.63) is 99.0 Å². The number of amides is 3. The Bertz CT molecular complexity index is 1680. The first-order chi connectivity index (χ1) is 23.5. The molecule has 2 unspecified atom stereocenters. The van der Waals surface area contributed by atoms with Gasteiger partial charge in [-0.1, -0.05) is 47.5 Å². The Morgan fingerprint density at radius 2 is 1.57 bits per heavy atom. The van der Waals surface area contributed by atoms with Crippen LogP contribution in [0.4, 0.5) is 18.0 Å². The van der Waals surface area contributed by atoms with Crippen molar-refractivity contribution in [3.63, 3.8) is 0 Å². The number of halogens is 5. The first-order valence-corrected chi connectivity index (χ1v) is 16.9. The second-order valence-electron chi connectivity index (χ2n) is 12.0. The van der Waals surface area contributed by atoms with Crippen LogP contribution in [0.3, 0.4) is 0 Å². The van der Waals surface area contributed by atoms with Crippen LogP contribution in [-0.2, 0) is 15.7 Å². The van der Waals surface area contributed by atoms with E-state index >= 15 is 0 Å². The average Bonchev–Trinajstić information content (AvgIpc) is 3.48. The number of urea groups is 1. The minimum atomic E-state index is -4.61. The van der Waals surface area contributed by atoms with Gasteiger partial charge in [0.1, 0.15) is 24.2 Å². The number of hydrogen-bond acceptors (Lipinski definition) is 6. The number of benzene rings is 3. The zero-order valence-corrected chi connectivity index (χ0v) is 28.3. The molecule has 0 aliphatic carbocycles. The Kier molecular flexibility index (Phi) is 10.7. The lowest BCUT2D eigenvalue weighted by Crippen LogP contribution is -2.57. The topological polar surface area (TPSA) is 77.9 Å². The Balaban J connectivity index is 1.38. The molecule has 260 valence electrons. The number of nitrogens with zero attached hydrogens (tertiary/aromatic N) is 5. The van der Waals surface area contributed by atoms with E-state index < -0.39 is 29.9 Å². The highest BCUT2D eigenvalue weighted by Gasteiger charge is 2.46. The van der Waals surface area contributed by atoms with E-state index in [1.54, 1.807) is 60.4 Å². The average molecular weight is 719 g/mol. The van der Waals surface area contributed by atoms with Crippen molar-refractivity contribution in [3.8, 4) is 5.75 Å². The molecule has 0 N–H and O–H groups in total. The first-order valence-electron chi connectivity index (χ1n) is 16.1. The summed E-state index contributed by atoms with van der Waals surface area (Å²) in [4.78, 5) is 40.1. The van der Waals surface area contributed by atoms with Crippen LogP contribution in [0.2, 0.25) is 10.0 Å². The quantitative estimate of drug-likeness (QED) is 0.264. The third-order valence-electron chi connectivity index (χ3n) is 8.92. The van der Waals surface area contributed by atoms with Crippen LogP contribution >= 0.6 is 23.2 Å². The van der Waals surface area contributed by atoms with Crippen molar-refractivity contribution in [2.45, 2.75) is 25.2 Å². The SMILES string of the molecule is CCOc1cc(C(F)(F)F)ccc1C1=NC(c2ccc(Cl)cc2)C(c2ccc(Cl)cc2)N1C(=O)N1CCN(CCN2CCOCC2)C(=O)C1. The number of aliphatic imine (C=N–C) groups is 1. The molecule has 0 spiro atoms. The Labute approximate surface area is 292 Å². The Morgan fingerprint density at radius 1 is 0.918 bits per heavy atom. The van der Waals surface area contributed by atoms with Crippen molar-refractivity contribution >= 4 is 41.0 Å². The maximum Gasteiger partial charge on any atom is 0.416 e. The third-order valence-corrected chi connectivity index (χ3v) is 9.43. The number of ether oxygens (including phenoxy) is 2. The van der Waals surface area contributed by atoms with E-state index in [-0.39, 0.29) is 42.8 Å². The van der Waals surface area contributed by atoms with Gasteiger partial charge >= 0.3 is 12.2 Å². The molecular formula is C35H36Cl2F3N5O4. The fraction of sp³-hybridized carbons (Fsp3) is 0.400. The molecular weight excluding hydrogens is 682 g/mol. The lowest BCUT2D eigenvalue weighted by atomic mass is 9.93. The van der Waals surface area contributed by atoms with Gasteiger partial charge in [-0.3, -0.25) is 19.6 Å². The van der Waals surface area contributed by atoms with E-state index in [4.69, 9.17) is 37.7 Å². The lowest BCUT2D eigenvalue weighted by molar-refractivity contribution is -0.137. The summed E-state index contributed by atoms with van der Waals surface area (Å²) in [6.07, 6.45) is -4.61. The van der Waals surface area contributed by atoms with Crippen molar-refractivity contribution < 1.29 is 32.2 Å². The summed E-state index contributed by atoms with van der Waals surface area (Å²) in [5.41, 5.74) is 0.746. The number of carbonyl (C=O) groups excluding carboxylic acids is 2. The van der Waals surface area contributed by atoms with E-state index in [9.17, 15) is 22.8 Å². The predicted molar refractivity (Wildman–Crippen MR) is 180 cm³/mol. The molecule has 14 heteroatoms. The van der Waals surface area contributed by atoms with Crippen LogP contribution < -0.4 is 4.74 Å². The van der Waals surface area contributed by atoms with Gasteiger partial charge in [-0.25, -0.2) is 4.79 Å². The number of rotatable bonds is 8. The molecule has 49 heavy (non-hydrogen) atoms. The molecule has 9 nitrogen and oxygen atoms in total. The maximum absolute atomic E-state index is 14.7. The fourth-order valence-corrected chi connectivity index (χ4v) is 6.61. The number of piperazine rings is 1. The first kappa shape index (κ1) is 35.0. The molecule has 0 bridgehead atoms. The molecule has 0 radical (unpaired) electrons. The van der Waals surface area contributed by atoms with Crippen LogP contribution in [0.5, 0.6) is 5.75 Å². The summed E-state index contributed by atoms with van der Waals surface area (Å²) in [6.45, 7) is 6.37. The van der Waals surface area contributed by atoms with Gasteiger partial charge in [0, 0.05) is 49.3 Å². The van der Waals surface area contributed by atoms with Gasteiger partial charge in [-0.05, 0) is 60.5 Å². The summed E-state index contributed by atoms with van der Waals surface area (Å²) < 4.78 is 52.6. The fourth-order valence-electron chi connectivity index (χ4n) is 6.36. The van der Waals surface area contributed by atoms with E-state index in [2.05, 4.69) is 4.90 Å². The van der Waals surface area contributed by atoms with Crippen molar-refractivity contribution in [2.24, 2.45) is 4.99 Å². The van der Waals surface area contributed by atoms with Crippen LogP contribution in [-0.4, -0.2) is 103 Å². The second-order valence-corrected chi connectivity index (χ2v) is 12.9. The minimum absolute atomic E-state index is 0.0653. The third kappa shape index (κ3) is 7.82. The number of alkyl halides is 3. The number of hydrogen-bond donors (Lipinski definition) is 0. The van der Waals surface area contributed by atoms with Gasteiger partial charge in [0.15, 0.2) is 0 Å². The molecule has 3 amide bonds. The van der Waals surface area contributed by atoms with Crippen molar-refractivity contribution in [1.82, 2.24) is 19.6 Å². The summed E-state index contributed by atoms with van der Waals surface area (Å²) >= 11 is 12.5. The molecule has 3 aromatic carbocycles. The highest BCUT2D eigenvalue weighted by molar-refractivity contribution is 6.30. The summed E-state index contributed by atoms with van der Waals surface area (Å²) in [5, 5.41) is 0.997. The zero-order chi connectivity index (χ0) is 34.7. The normalized spacial score (nSPS) is 20.5. The summed E-state index contributed by atoms with van der Waals surface area (Å²) in [6, 6.07) is 15.3. The zero-order valence-electron chi connectivity index (χ0n) is 26.8. The molecule has 2 saturated heterocycles. The van der Waals surface area contributed by atoms with Crippen molar-refractivity contribution in [1.29, 1.82) is 0 Å². The van der Waals surface area contributed by atoms with E-state index in [1.807, 2.05) is 0 Å². The summed E-state index contributed by atoms with van der Waals surface area (Å²) in [5.74, 6) is -0.124. The molecule has 3 aliphatic heterocycles. The number of carbonyl (C=O) groups is 2. The van der Waals surface area contributed by atoms with Gasteiger partial charge in [0.25, 0.3) is 0 Å². The smallest absolute Gasteiger partial charge is 0.416 e. The van der Waals surface area contributed by atoms with Gasteiger partial charge in [0.05, 0.1) is 37.0 Å². The Hall–Kier alpha value is -3.84.